The van der Waals surface area contributed by atoms with Crippen molar-refractivity contribution < 1.29 is 19.4 Å². The molecule has 14 heavy (non-hydrogen) atoms. The molecule has 0 unspecified atom stereocenters. The number of fused-ring (bicyclic) bond motifs is 1. The highest BCUT2D eigenvalue weighted by molar-refractivity contribution is 7.99. The molecule has 0 atom stereocenters. The van der Waals surface area contributed by atoms with Gasteiger partial charge in [0.25, 0.3) is 5.78 Å². The third kappa shape index (κ3) is 1.46. The maximum absolute atomic E-state index is 11.1. The summed E-state index contributed by atoms with van der Waals surface area (Å²) < 4.78 is 5.19. The third-order valence-electron chi connectivity index (χ3n) is 1.83. The van der Waals surface area contributed by atoms with Crippen LogP contribution in [0, 0.1) is 0 Å². The van der Waals surface area contributed by atoms with Gasteiger partial charge in [-0.2, -0.15) is 0 Å². The van der Waals surface area contributed by atoms with E-state index in [0.717, 1.165) is 4.90 Å². The van der Waals surface area contributed by atoms with Crippen LogP contribution in [0.1, 0.15) is 10.4 Å². The normalized spacial score (nSPS) is 13.1. The predicted octanol–water partition coefficient (Wildman–Crippen LogP) is 1.40. The van der Waals surface area contributed by atoms with E-state index in [1.54, 1.807) is 6.07 Å². The zero-order valence-electron chi connectivity index (χ0n) is 7.02. The SMILES string of the molecule is O=C(O)C(=O)c1ccc2c(c1)OCS2. The first-order valence-electron chi connectivity index (χ1n) is 3.86. The Morgan fingerprint density at radius 2 is 2.21 bits per heavy atom. The lowest BCUT2D eigenvalue weighted by molar-refractivity contribution is -0.131. The summed E-state index contributed by atoms with van der Waals surface area (Å²) in [5.41, 5.74) is 0.152. The number of carboxylic acid groups (broad SMARTS) is 1. The Bertz CT molecular complexity index is 413. The highest BCUT2D eigenvalue weighted by atomic mass is 32.2. The molecule has 2 rings (SSSR count). The second-order valence-corrected chi connectivity index (χ2v) is 3.67. The number of carbonyl (C=O) groups is 2. The molecule has 1 aromatic carbocycles. The quantitative estimate of drug-likeness (QED) is 0.590. The molecule has 0 spiro atoms. The predicted molar refractivity (Wildman–Crippen MR) is 49.8 cm³/mol. The van der Waals surface area contributed by atoms with E-state index in [9.17, 15) is 9.59 Å². The van der Waals surface area contributed by atoms with Gasteiger partial charge in [-0.25, -0.2) is 4.79 Å². The van der Waals surface area contributed by atoms with Crippen molar-refractivity contribution in [1.82, 2.24) is 0 Å². The van der Waals surface area contributed by atoms with Gasteiger partial charge in [-0.15, -0.1) is 0 Å². The Kier molecular flexibility index (Phi) is 2.17. The van der Waals surface area contributed by atoms with E-state index in [2.05, 4.69) is 0 Å². The van der Waals surface area contributed by atoms with Gasteiger partial charge in [-0.05, 0) is 18.2 Å². The van der Waals surface area contributed by atoms with Crippen LogP contribution in [0.25, 0.3) is 0 Å². The Morgan fingerprint density at radius 1 is 1.43 bits per heavy atom. The van der Waals surface area contributed by atoms with Crippen molar-refractivity contribution in [3.63, 3.8) is 0 Å². The summed E-state index contributed by atoms with van der Waals surface area (Å²) in [5.74, 6) is -1.26. The molecule has 1 aliphatic rings. The number of thioether (sulfide) groups is 1. The molecule has 1 aliphatic heterocycles. The number of carbonyl (C=O) groups excluding carboxylic acids is 1. The lowest BCUT2D eigenvalue weighted by atomic mass is 10.1. The van der Waals surface area contributed by atoms with Crippen molar-refractivity contribution in [1.29, 1.82) is 0 Å². The highest BCUT2D eigenvalue weighted by Crippen LogP contribution is 2.36. The van der Waals surface area contributed by atoms with Crippen LogP contribution >= 0.6 is 11.8 Å². The van der Waals surface area contributed by atoms with Crippen LogP contribution in [0.4, 0.5) is 0 Å². The van der Waals surface area contributed by atoms with Crippen LogP contribution in [0.3, 0.4) is 0 Å². The summed E-state index contributed by atoms with van der Waals surface area (Å²) in [6, 6.07) is 4.66. The van der Waals surface area contributed by atoms with E-state index in [1.165, 1.54) is 23.9 Å². The summed E-state index contributed by atoms with van der Waals surface area (Å²) in [6.07, 6.45) is 0. The van der Waals surface area contributed by atoms with Gasteiger partial charge < -0.3 is 9.84 Å². The van der Waals surface area contributed by atoms with Gasteiger partial charge in [0.1, 0.15) is 11.7 Å². The Balaban J connectivity index is 2.38. The Labute approximate surface area is 83.9 Å². The molecule has 72 valence electrons. The molecule has 0 aliphatic carbocycles. The van der Waals surface area contributed by atoms with Crippen molar-refractivity contribution in [2.24, 2.45) is 0 Å². The number of benzene rings is 1. The minimum absolute atomic E-state index is 0.152. The fraction of sp³-hybridized carbons (Fsp3) is 0.111. The van der Waals surface area contributed by atoms with Crippen molar-refractivity contribution in [3.05, 3.63) is 23.8 Å². The summed E-state index contributed by atoms with van der Waals surface area (Å²) in [5, 5.41) is 8.49. The van der Waals surface area contributed by atoms with E-state index < -0.39 is 11.8 Å². The van der Waals surface area contributed by atoms with Gasteiger partial charge in [-0.1, -0.05) is 11.8 Å². The number of rotatable bonds is 2. The van der Waals surface area contributed by atoms with E-state index in [4.69, 9.17) is 9.84 Å². The number of aliphatic carboxylic acids is 1. The zero-order valence-corrected chi connectivity index (χ0v) is 7.84. The van der Waals surface area contributed by atoms with Gasteiger partial charge in [0.05, 0.1) is 4.90 Å². The van der Waals surface area contributed by atoms with Crippen molar-refractivity contribution >= 4 is 23.5 Å². The Morgan fingerprint density at radius 3 is 2.93 bits per heavy atom. The van der Waals surface area contributed by atoms with Crippen molar-refractivity contribution in [2.75, 3.05) is 5.94 Å². The molecule has 0 aromatic heterocycles. The number of ether oxygens (including phenoxy) is 1. The summed E-state index contributed by atoms with van der Waals surface area (Å²) in [7, 11) is 0. The standard InChI is InChI=1S/C9H6O4S/c10-8(9(11)12)5-1-2-7-6(3-5)13-4-14-7/h1-3H,4H2,(H,11,12). The van der Waals surface area contributed by atoms with E-state index in [-0.39, 0.29) is 5.56 Å². The number of hydrogen-bond donors (Lipinski definition) is 1. The van der Waals surface area contributed by atoms with Gasteiger partial charge >= 0.3 is 5.97 Å². The number of Topliss-reactive ketones (excluding diaryl/α,β-unsaturated/α-hetero) is 1. The Hall–Kier alpha value is -1.49. The second kappa shape index (κ2) is 3.34. The molecule has 5 heteroatoms. The molecule has 1 heterocycles. The minimum Gasteiger partial charge on any atom is -0.481 e. The number of hydrogen-bond acceptors (Lipinski definition) is 4. The van der Waals surface area contributed by atoms with Crippen LogP contribution in [0.2, 0.25) is 0 Å². The molecule has 0 saturated carbocycles. The topological polar surface area (TPSA) is 63.6 Å². The smallest absolute Gasteiger partial charge is 0.377 e. The molecule has 0 fully saturated rings. The molecule has 0 amide bonds. The van der Waals surface area contributed by atoms with Crippen LogP contribution < -0.4 is 4.74 Å². The molecule has 0 radical (unpaired) electrons. The third-order valence-corrected chi connectivity index (χ3v) is 2.71. The second-order valence-electron chi connectivity index (χ2n) is 2.70. The molecule has 1 N–H and O–H groups in total. The van der Waals surface area contributed by atoms with Crippen molar-refractivity contribution in [2.45, 2.75) is 4.90 Å². The monoisotopic (exact) mass is 210 g/mol. The van der Waals surface area contributed by atoms with Gasteiger partial charge in [-0.3, -0.25) is 4.79 Å². The zero-order chi connectivity index (χ0) is 10.1. The average Bonchev–Trinajstić information content (AvgIpc) is 2.62. The minimum atomic E-state index is -1.45. The first kappa shape index (κ1) is 9.08. The lowest BCUT2D eigenvalue weighted by Gasteiger charge is -1.99. The van der Waals surface area contributed by atoms with Gasteiger partial charge in [0, 0.05) is 5.56 Å². The first-order valence-corrected chi connectivity index (χ1v) is 4.84. The van der Waals surface area contributed by atoms with E-state index in [1.807, 2.05) is 0 Å². The van der Waals surface area contributed by atoms with E-state index in [0.29, 0.717) is 11.7 Å². The molecular formula is C9H6O4S. The summed E-state index contributed by atoms with van der Waals surface area (Å²) >= 11 is 1.52. The van der Waals surface area contributed by atoms with Gasteiger partial charge in [0.15, 0.2) is 0 Å². The lowest BCUT2D eigenvalue weighted by Crippen LogP contribution is -2.12. The highest BCUT2D eigenvalue weighted by Gasteiger charge is 2.19. The maximum atomic E-state index is 11.1. The number of carboxylic acids is 1. The fourth-order valence-electron chi connectivity index (χ4n) is 1.16. The van der Waals surface area contributed by atoms with Crippen LogP contribution in [0.15, 0.2) is 23.1 Å². The molecule has 4 nitrogen and oxygen atoms in total. The first-order chi connectivity index (χ1) is 6.68. The largest absolute Gasteiger partial charge is 0.481 e. The van der Waals surface area contributed by atoms with Gasteiger partial charge in [0.2, 0.25) is 0 Å². The van der Waals surface area contributed by atoms with E-state index >= 15 is 0 Å². The fourth-order valence-corrected chi connectivity index (χ4v) is 1.90. The summed E-state index contributed by atoms with van der Waals surface area (Å²) in [6.45, 7) is 0. The molecule has 0 bridgehead atoms. The molecule has 1 aromatic rings. The molecular weight excluding hydrogens is 204 g/mol. The van der Waals surface area contributed by atoms with Crippen LogP contribution in [-0.2, 0) is 4.79 Å². The van der Waals surface area contributed by atoms with Crippen LogP contribution in [-0.4, -0.2) is 22.8 Å². The maximum Gasteiger partial charge on any atom is 0.377 e. The molecule has 0 saturated heterocycles. The van der Waals surface area contributed by atoms with Crippen molar-refractivity contribution in [3.8, 4) is 5.75 Å². The van der Waals surface area contributed by atoms with Crippen LogP contribution in [0.5, 0.6) is 5.75 Å². The average molecular weight is 210 g/mol. The summed E-state index contributed by atoms with van der Waals surface area (Å²) in [4.78, 5) is 22.4. The number of ketones is 1.